The average molecular weight is 451 g/mol. The van der Waals surface area contributed by atoms with Crippen molar-refractivity contribution < 1.29 is 14.7 Å². The topological polar surface area (TPSA) is 112 Å². The van der Waals surface area contributed by atoms with E-state index in [1.807, 2.05) is 35.0 Å². The van der Waals surface area contributed by atoms with Gasteiger partial charge in [-0.25, -0.2) is 0 Å². The van der Waals surface area contributed by atoms with E-state index < -0.39 is 0 Å². The summed E-state index contributed by atoms with van der Waals surface area (Å²) < 4.78 is 1.95. The molecule has 1 amide bonds. The molecule has 0 fully saturated rings. The van der Waals surface area contributed by atoms with E-state index in [0.29, 0.717) is 0 Å². The summed E-state index contributed by atoms with van der Waals surface area (Å²) in [6.45, 7) is 5.18. The molecule has 0 radical (unpaired) electrons. The Morgan fingerprint density at radius 3 is 2.64 bits per heavy atom. The number of hydrogen-bond donors (Lipinski definition) is 3. The number of nitrogens with one attached hydrogen (secondary N) is 2. The van der Waals surface area contributed by atoms with Crippen molar-refractivity contribution in [3.8, 4) is 11.1 Å². The summed E-state index contributed by atoms with van der Waals surface area (Å²) in [5.74, 6) is 0.0683. The number of hydrogen-bond acceptors (Lipinski definition) is 6. The van der Waals surface area contributed by atoms with Gasteiger partial charge < -0.3 is 20.6 Å². The lowest BCUT2D eigenvalue weighted by Gasteiger charge is -2.39. The first-order valence-electron chi connectivity index (χ1n) is 10.8. The molecule has 1 aromatic carbocycles. The predicted molar refractivity (Wildman–Crippen MR) is 128 cm³/mol. The third kappa shape index (κ3) is 5.75. The van der Waals surface area contributed by atoms with E-state index in [2.05, 4.69) is 52.0 Å². The first-order valence-corrected chi connectivity index (χ1v) is 10.8. The quantitative estimate of drug-likeness (QED) is 0.495. The summed E-state index contributed by atoms with van der Waals surface area (Å²) in [5, 5.41) is 18.1. The van der Waals surface area contributed by atoms with E-state index in [0.717, 1.165) is 47.6 Å². The molecule has 1 aliphatic heterocycles. The number of benzene rings is 1. The van der Waals surface area contributed by atoms with Gasteiger partial charge in [-0.15, -0.1) is 0 Å². The molecule has 2 aromatic heterocycles. The summed E-state index contributed by atoms with van der Waals surface area (Å²) >= 11 is 0. The van der Waals surface area contributed by atoms with Crippen LogP contribution in [0.25, 0.3) is 11.1 Å². The van der Waals surface area contributed by atoms with Crippen LogP contribution < -0.4 is 15.5 Å². The Morgan fingerprint density at radius 2 is 1.97 bits per heavy atom. The fourth-order valence-corrected chi connectivity index (χ4v) is 4.17. The molecule has 3 aromatic rings. The van der Waals surface area contributed by atoms with Crippen LogP contribution >= 0.6 is 0 Å². The fraction of sp³-hybridized carbons (Fsp3) is 0.333. The lowest BCUT2D eigenvalue weighted by atomic mass is 9.89. The summed E-state index contributed by atoms with van der Waals surface area (Å²) in [4.78, 5) is 26.7. The molecule has 3 N–H and O–H groups in total. The standard InChI is InChI=1S/C23H28N6O.CH2O2/c1-16-12-22(27-20-6-8-25-9-7-20)21-13-18(4-5-23(21)29(16)17(2)30)19-14-26-28(15-19)11-10-24-3;2-1-3/h4-9,13-16,22,24H,10-12H2,1-3H3,(H,25,27);1H,(H,2,3)/t16-,22+;/m0./s1. The van der Waals surface area contributed by atoms with Gasteiger partial charge in [0.15, 0.2) is 0 Å². The van der Waals surface area contributed by atoms with E-state index in [9.17, 15) is 4.79 Å². The lowest BCUT2D eigenvalue weighted by Crippen LogP contribution is -2.43. The van der Waals surface area contributed by atoms with Gasteiger partial charge >= 0.3 is 0 Å². The number of anilines is 2. The van der Waals surface area contributed by atoms with Gasteiger partial charge in [-0.05, 0) is 55.8 Å². The number of aromatic nitrogens is 3. The molecule has 1 aliphatic rings. The first kappa shape index (κ1) is 23.9. The highest BCUT2D eigenvalue weighted by Crippen LogP contribution is 2.41. The Bertz CT molecular complexity index is 1070. The van der Waals surface area contributed by atoms with Crippen molar-refractivity contribution in [2.75, 3.05) is 23.8 Å². The van der Waals surface area contributed by atoms with Gasteiger partial charge in [0.05, 0.1) is 18.8 Å². The molecule has 9 nitrogen and oxygen atoms in total. The van der Waals surface area contributed by atoms with Crippen molar-refractivity contribution in [2.24, 2.45) is 0 Å². The van der Waals surface area contributed by atoms with Gasteiger partial charge in [-0.1, -0.05) is 6.07 Å². The number of nitrogens with zero attached hydrogens (tertiary/aromatic N) is 4. The highest BCUT2D eigenvalue weighted by atomic mass is 16.3. The molecule has 0 aliphatic carbocycles. The van der Waals surface area contributed by atoms with Crippen molar-refractivity contribution >= 4 is 23.8 Å². The van der Waals surface area contributed by atoms with Gasteiger partial charge in [-0.2, -0.15) is 5.10 Å². The second-order valence-corrected chi connectivity index (χ2v) is 7.88. The number of carbonyl (C=O) groups excluding carboxylic acids is 1. The molecule has 9 heteroatoms. The van der Waals surface area contributed by atoms with Crippen molar-refractivity contribution in [3.63, 3.8) is 0 Å². The molecule has 0 saturated heterocycles. The normalized spacial score (nSPS) is 16.9. The lowest BCUT2D eigenvalue weighted by molar-refractivity contribution is -0.123. The van der Waals surface area contributed by atoms with Crippen molar-refractivity contribution in [2.45, 2.75) is 38.9 Å². The Kier molecular flexibility index (Phi) is 8.15. The van der Waals surface area contributed by atoms with E-state index in [-0.39, 0.29) is 24.5 Å². The minimum Gasteiger partial charge on any atom is -0.483 e. The van der Waals surface area contributed by atoms with E-state index >= 15 is 0 Å². The third-order valence-electron chi connectivity index (χ3n) is 5.60. The minimum absolute atomic E-state index is 0.0683. The summed E-state index contributed by atoms with van der Waals surface area (Å²) in [5.41, 5.74) is 5.29. The molecule has 2 atom stereocenters. The Hall–Kier alpha value is -3.72. The number of carbonyl (C=O) groups is 2. The van der Waals surface area contributed by atoms with Crippen LogP contribution in [0.1, 0.15) is 31.9 Å². The maximum Gasteiger partial charge on any atom is 0.290 e. The van der Waals surface area contributed by atoms with Crippen LogP contribution in [-0.2, 0) is 16.1 Å². The van der Waals surface area contributed by atoms with Gasteiger partial charge in [0.25, 0.3) is 6.47 Å². The zero-order valence-corrected chi connectivity index (χ0v) is 19.1. The molecule has 3 heterocycles. The molecular weight excluding hydrogens is 420 g/mol. The summed E-state index contributed by atoms with van der Waals surface area (Å²) in [6.07, 6.45) is 8.37. The molecule has 0 spiro atoms. The van der Waals surface area contributed by atoms with Crippen LogP contribution in [0.4, 0.5) is 11.4 Å². The van der Waals surface area contributed by atoms with Crippen molar-refractivity contribution in [1.29, 1.82) is 0 Å². The average Bonchev–Trinajstić information content (AvgIpc) is 3.27. The number of carboxylic acid groups (broad SMARTS) is 1. The molecule has 4 rings (SSSR count). The van der Waals surface area contributed by atoms with Gasteiger partial charge in [-0.3, -0.25) is 19.3 Å². The van der Waals surface area contributed by atoms with E-state index in [1.54, 1.807) is 19.3 Å². The monoisotopic (exact) mass is 450 g/mol. The van der Waals surface area contributed by atoms with E-state index in [1.165, 1.54) is 0 Å². The van der Waals surface area contributed by atoms with Gasteiger partial charge in [0, 0.05) is 55.0 Å². The predicted octanol–water partition coefficient (Wildman–Crippen LogP) is 3.16. The SMILES string of the molecule is CNCCn1cc(-c2ccc3c(c2)[C@H](Nc2ccncc2)C[C@H](C)N3C(C)=O)cn1.O=CO. The highest BCUT2D eigenvalue weighted by Gasteiger charge is 2.32. The van der Waals surface area contributed by atoms with Gasteiger partial charge in [0.2, 0.25) is 5.91 Å². The molecule has 0 saturated carbocycles. The Labute approximate surface area is 193 Å². The second kappa shape index (κ2) is 11.2. The zero-order chi connectivity index (χ0) is 23.8. The summed E-state index contributed by atoms with van der Waals surface area (Å²) in [6, 6.07) is 10.5. The zero-order valence-electron chi connectivity index (χ0n) is 19.1. The van der Waals surface area contributed by atoms with Crippen molar-refractivity contribution in [1.82, 2.24) is 20.1 Å². The van der Waals surface area contributed by atoms with E-state index in [4.69, 9.17) is 9.90 Å². The van der Waals surface area contributed by atoms with Crippen LogP contribution in [0, 0.1) is 0 Å². The third-order valence-corrected chi connectivity index (χ3v) is 5.60. The summed E-state index contributed by atoms with van der Waals surface area (Å²) in [7, 11) is 1.94. The minimum atomic E-state index is -0.250. The van der Waals surface area contributed by atoms with Crippen LogP contribution in [0.15, 0.2) is 55.1 Å². The fourth-order valence-electron chi connectivity index (χ4n) is 4.17. The maximum absolute atomic E-state index is 12.4. The van der Waals surface area contributed by atoms with Crippen LogP contribution in [0.2, 0.25) is 0 Å². The Morgan fingerprint density at radius 1 is 1.24 bits per heavy atom. The molecule has 0 bridgehead atoms. The second-order valence-electron chi connectivity index (χ2n) is 7.88. The largest absolute Gasteiger partial charge is 0.483 e. The number of amides is 1. The maximum atomic E-state index is 12.4. The molecule has 33 heavy (non-hydrogen) atoms. The Balaban J connectivity index is 0.000000968. The number of rotatable bonds is 6. The van der Waals surface area contributed by atoms with Gasteiger partial charge in [0.1, 0.15) is 0 Å². The first-order chi connectivity index (χ1) is 16.0. The number of pyridine rings is 1. The van der Waals surface area contributed by atoms with Crippen molar-refractivity contribution in [3.05, 3.63) is 60.7 Å². The molecule has 0 unspecified atom stereocenters. The molecular formula is C24H30N6O3. The molecule has 174 valence electrons. The smallest absolute Gasteiger partial charge is 0.290 e. The number of likely N-dealkylation sites (N-methyl/N-ethyl adjacent to an activating group) is 1. The van der Waals surface area contributed by atoms with Crippen LogP contribution in [0.3, 0.4) is 0 Å². The highest BCUT2D eigenvalue weighted by molar-refractivity contribution is 5.94. The number of fused-ring (bicyclic) bond motifs is 1. The van der Waals surface area contributed by atoms with Crippen LogP contribution in [0.5, 0.6) is 0 Å². The van der Waals surface area contributed by atoms with Crippen LogP contribution in [-0.4, -0.2) is 51.9 Å².